The second-order valence-corrected chi connectivity index (χ2v) is 3.54. The van der Waals surface area contributed by atoms with Crippen molar-refractivity contribution in [1.82, 2.24) is 20.0 Å². The van der Waals surface area contributed by atoms with Gasteiger partial charge < -0.3 is 0 Å². The minimum atomic E-state index is -1.06. The normalized spacial score (nSPS) is 15.2. The molecule has 1 aliphatic rings. The van der Waals surface area contributed by atoms with E-state index in [1.807, 2.05) is 13.8 Å². The van der Waals surface area contributed by atoms with Crippen LogP contribution in [0.4, 0.5) is 0 Å². The average Bonchev–Trinajstić information content (AvgIpc) is 2.39. The third-order valence-corrected chi connectivity index (χ3v) is 2.23. The van der Waals surface area contributed by atoms with Crippen LogP contribution in [0.25, 0.3) is 0 Å². The predicted molar refractivity (Wildman–Crippen MR) is 66.1 cm³/mol. The van der Waals surface area contributed by atoms with Crippen LogP contribution in [0.5, 0.6) is 0 Å². The molecule has 1 aliphatic heterocycles. The zero-order valence-electron chi connectivity index (χ0n) is 11.7. The molecule has 0 atom stereocenters. The van der Waals surface area contributed by atoms with E-state index in [0.29, 0.717) is 0 Å². The van der Waals surface area contributed by atoms with E-state index in [-0.39, 0.29) is 20.0 Å². The Labute approximate surface area is 122 Å². The van der Waals surface area contributed by atoms with Crippen molar-refractivity contribution in [1.29, 1.82) is 0 Å². The summed E-state index contributed by atoms with van der Waals surface area (Å²) in [6.45, 7) is 0.201. The zero-order chi connectivity index (χ0) is 17.4. The summed E-state index contributed by atoms with van der Waals surface area (Å²) in [6.07, 6.45) is 0. The Hall–Kier alpha value is -3.20. The van der Waals surface area contributed by atoms with Crippen LogP contribution in [-0.4, -0.2) is 66.8 Å². The fourth-order valence-corrected chi connectivity index (χ4v) is 1.35. The number of hydrogen-bond acceptors (Lipinski definition) is 8. The fourth-order valence-electron chi connectivity index (χ4n) is 1.35. The highest BCUT2D eigenvalue weighted by atomic mass is 16.7. The molecule has 16 heteroatoms. The van der Waals surface area contributed by atoms with Gasteiger partial charge in [-0.1, -0.05) is 33.9 Å². The zero-order valence-corrected chi connectivity index (χ0v) is 11.7. The first-order valence-corrected chi connectivity index (χ1v) is 5.79. The third kappa shape index (κ3) is 5.06. The number of nitrogens with zero attached hydrogens (tertiary/aromatic N) is 8. The fraction of sp³-hybridized carbons (Fsp3) is 1.00. The lowest BCUT2D eigenvalue weighted by molar-refractivity contribution is -0.775. The van der Waals surface area contributed by atoms with Crippen LogP contribution in [0.1, 0.15) is 13.8 Å². The number of nitro groups is 4. The summed E-state index contributed by atoms with van der Waals surface area (Å²) < 4.78 is 0. The van der Waals surface area contributed by atoms with Crippen molar-refractivity contribution in [2.75, 3.05) is 26.7 Å². The van der Waals surface area contributed by atoms with Gasteiger partial charge in [-0.2, -0.15) is 0 Å². The van der Waals surface area contributed by atoms with Crippen LogP contribution < -0.4 is 0 Å². The van der Waals surface area contributed by atoms with Gasteiger partial charge in [-0.25, -0.2) is 40.5 Å². The molecule has 0 aliphatic carbocycles. The molecule has 1 saturated heterocycles. The van der Waals surface area contributed by atoms with E-state index in [1.165, 1.54) is 0 Å². The van der Waals surface area contributed by atoms with Crippen LogP contribution in [0.15, 0.2) is 0 Å². The number of rotatable bonds is 4. The molecule has 0 saturated carbocycles. The molecule has 22 heavy (non-hydrogen) atoms. The maximum absolute atomic E-state index is 10.7. The van der Waals surface area contributed by atoms with Gasteiger partial charge in [0.2, 0.25) is 26.7 Å². The lowest BCUT2D eigenvalue weighted by Gasteiger charge is -2.27. The molecule has 0 N–H and O–H groups in total. The molecule has 1 rings (SSSR count). The second-order valence-electron chi connectivity index (χ2n) is 3.54. The topological polar surface area (TPSA) is 186 Å². The molecule has 0 amide bonds. The van der Waals surface area contributed by atoms with E-state index >= 15 is 0 Å². The van der Waals surface area contributed by atoms with Crippen molar-refractivity contribution >= 4 is 0 Å². The smallest absolute Gasteiger partial charge is 0.212 e. The van der Waals surface area contributed by atoms with Gasteiger partial charge in [0.05, 0.1) is 0 Å². The quantitative estimate of drug-likeness (QED) is 0.445. The van der Waals surface area contributed by atoms with Crippen molar-refractivity contribution in [3.05, 3.63) is 40.5 Å². The number of hydrogen-bond donors (Lipinski definition) is 0. The highest BCUT2D eigenvalue weighted by Crippen LogP contribution is 2.07. The summed E-state index contributed by atoms with van der Waals surface area (Å²) in [5, 5.41) is 39.2. The monoisotopic (exact) mass is 326 g/mol. The molecule has 0 spiro atoms. The summed E-state index contributed by atoms with van der Waals surface area (Å²) in [4.78, 5) is 42.6. The Morgan fingerprint density at radius 1 is 0.545 bits per heavy atom. The molecule has 126 valence electrons. The summed E-state index contributed by atoms with van der Waals surface area (Å²) in [6, 6.07) is 0. The van der Waals surface area contributed by atoms with E-state index in [0.717, 1.165) is 0 Å². The first-order valence-electron chi connectivity index (χ1n) is 5.79. The summed E-state index contributed by atoms with van der Waals surface area (Å²) in [5.74, 6) is 0. The summed E-state index contributed by atoms with van der Waals surface area (Å²) in [7, 11) is 0. The average molecular weight is 326 g/mol. The van der Waals surface area contributed by atoms with Crippen LogP contribution in [0.3, 0.4) is 0 Å². The predicted octanol–water partition coefficient (Wildman–Crippen LogP) is -1.17. The van der Waals surface area contributed by atoms with Crippen LogP contribution in [-0.2, 0) is 0 Å². The van der Waals surface area contributed by atoms with Crippen LogP contribution in [0.2, 0.25) is 0 Å². The van der Waals surface area contributed by atoms with Crippen molar-refractivity contribution in [3.63, 3.8) is 0 Å². The van der Waals surface area contributed by atoms with Crippen molar-refractivity contribution in [2.45, 2.75) is 13.8 Å². The van der Waals surface area contributed by atoms with E-state index in [4.69, 9.17) is 0 Å². The molecule has 16 nitrogen and oxygen atoms in total. The molecule has 1 heterocycles. The first-order chi connectivity index (χ1) is 10.2. The van der Waals surface area contributed by atoms with Gasteiger partial charge in [0, 0.05) is 0 Å². The van der Waals surface area contributed by atoms with Gasteiger partial charge in [0.1, 0.15) is 0 Å². The molecule has 0 radical (unpaired) electrons. The SMILES string of the molecule is CC.O=[N+]([O-])N1CN([N+](=O)[O-])CN([N+](=O)[O-])CN([N+](=O)[O-])C1. The Bertz CT molecular complexity index is 356. The lowest BCUT2D eigenvalue weighted by atomic mass is 10.7. The molecule has 0 bridgehead atoms. The van der Waals surface area contributed by atoms with Gasteiger partial charge in [0.15, 0.2) is 20.1 Å². The van der Waals surface area contributed by atoms with Gasteiger partial charge in [-0.05, 0) is 0 Å². The van der Waals surface area contributed by atoms with Gasteiger partial charge >= 0.3 is 0 Å². The molecule has 0 unspecified atom stereocenters. The highest BCUT2D eigenvalue weighted by Gasteiger charge is 2.39. The van der Waals surface area contributed by atoms with E-state index < -0.39 is 46.8 Å². The number of hydrazine groups is 4. The van der Waals surface area contributed by atoms with E-state index in [9.17, 15) is 40.5 Å². The van der Waals surface area contributed by atoms with Crippen molar-refractivity contribution in [2.24, 2.45) is 0 Å². The Kier molecular flexibility index (Phi) is 6.98. The van der Waals surface area contributed by atoms with Gasteiger partial charge in [-0.15, -0.1) is 0 Å². The van der Waals surface area contributed by atoms with Crippen molar-refractivity contribution < 1.29 is 20.1 Å². The molecule has 0 aromatic carbocycles. The molecule has 0 aromatic rings. The Balaban J connectivity index is 0.00000211. The maximum Gasteiger partial charge on any atom is 0.212 e. The van der Waals surface area contributed by atoms with Gasteiger partial charge in [-0.3, -0.25) is 0 Å². The molecular weight excluding hydrogens is 312 g/mol. The third-order valence-electron chi connectivity index (χ3n) is 2.23. The second kappa shape index (κ2) is 8.17. The summed E-state index contributed by atoms with van der Waals surface area (Å²) >= 11 is 0. The van der Waals surface area contributed by atoms with E-state index in [1.54, 1.807) is 0 Å². The minimum absolute atomic E-state index is 0.197. The first kappa shape index (κ1) is 18.8. The summed E-state index contributed by atoms with van der Waals surface area (Å²) in [5.41, 5.74) is 0. The standard InChI is InChI=1S/C4H8N8O8.C2H6/c13-9(14)5-1-6(10(15)16)3-8(12(19)20)4-7(2-5)11(17)18;1-2/h1-4H2;1-2H3. The molecule has 0 aromatic heterocycles. The Morgan fingerprint density at radius 3 is 0.773 bits per heavy atom. The van der Waals surface area contributed by atoms with Gasteiger partial charge in [0.25, 0.3) is 0 Å². The lowest BCUT2D eigenvalue weighted by Crippen LogP contribution is -2.59. The minimum Gasteiger partial charge on any atom is -0.235 e. The van der Waals surface area contributed by atoms with Crippen LogP contribution >= 0.6 is 0 Å². The van der Waals surface area contributed by atoms with Crippen molar-refractivity contribution in [3.8, 4) is 0 Å². The van der Waals surface area contributed by atoms with E-state index in [2.05, 4.69) is 0 Å². The Morgan fingerprint density at radius 2 is 0.682 bits per heavy atom. The molecular formula is C6H14N8O8. The largest absolute Gasteiger partial charge is 0.235 e. The van der Waals surface area contributed by atoms with Crippen LogP contribution in [0, 0.1) is 40.5 Å². The maximum atomic E-state index is 10.7. The molecule has 1 fully saturated rings. The highest BCUT2D eigenvalue weighted by molar-refractivity contribution is 4.50.